The van der Waals surface area contributed by atoms with Crippen LogP contribution < -0.4 is 14.8 Å². The van der Waals surface area contributed by atoms with Crippen LogP contribution in [-0.2, 0) is 16.0 Å². The first-order valence-electron chi connectivity index (χ1n) is 11.2. The van der Waals surface area contributed by atoms with Gasteiger partial charge in [-0.2, -0.15) is 0 Å². The molecule has 1 aliphatic rings. The summed E-state index contributed by atoms with van der Waals surface area (Å²) >= 11 is 0. The van der Waals surface area contributed by atoms with Crippen molar-refractivity contribution in [3.05, 3.63) is 95.7 Å². The molecule has 0 spiro atoms. The van der Waals surface area contributed by atoms with Gasteiger partial charge in [0.25, 0.3) is 0 Å². The van der Waals surface area contributed by atoms with E-state index in [0.29, 0.717) is 22.6 Å². The van der Waals surface area contributed by atoms with E-state index in [2.05, 4.69) is 10.3 Å². The number of aliphatic hydroxyl groups is 1. The third-order valence-corrected chi connectivity index (χ3v) is 6.21. The van der Waals surface area contributed by atoms with E-state index in [1.165, 1.54) is 0 Å². The van der Waals surface area contributed by atoms with Gasteiger partial charge in [-0.25, -0.2) is 4.79 Å². The van der Waals surface area contributed by atoms with Crippen molar-refractivity contribution in [2.45, 2.75) is 24.5 Å². The summed E-state index contributed by atoms with van der Waals surface area (Å²) in [6, 6.07) is 20.2. The molecule has 4 aromatic rings. The molecule has 5 rings (SSSR count). The molecular formula is C27H24N2O6. The fourth-order valence-electron chi connectivity index (χ4n) is 4.41. The second kappa shape index (κ2) is 9.52. The highest BCUT2D eigenvalue weighted by Gasteiger charge is 2.34. The number of aliphatic carboxylic acids is 1. The molecule has 0 unspecified atom stereocenters. The van der Waals surface area contributed by atoms with Gasteiger partial charge in [-0.15, -0.1) is 0 Å². The SMILES string of the molecule is O=C(O)[C@H](Cc1c[nH]c2ccccc12)NC(=O)[C@H](c1ccc2c(c1)OCO2)[C@H](O)c1ccccc1. The Morgan fingerprint density at radius 2 is 1.69 bits per heavy atom. The molecule has 0 fully saturated rings. The van der Waals surface area contributed by atoms with Crippen LogP contribution in [0.2, 0.25) is 0 Å². The predicted octanol–water partition coefficient (Wildman–Crippen LogP) is 3.53. The van der Waals surface area contributed by atoms with E-state index < -0.39 is 29.9 Å². The standard InChI is InChI=1S/C27H24N2O6/c30-25(16-6-2-1-3-7-16)24(17-10-11-22-23(13-17)35-15-34-22)26(31)29-21(27(32)33)12-18-14-28-20-9-5-4-8-19(18)20/h1-11,13-14,21,24-25,28,30H,12,15H2,(H,29,31)(H,32,33)/t21-,24+,25+/m0/s1. The highest BCUT2D eigenvalue weighted by molar-refractivity contribution is 5.90. The van der Waals surface area contributed by atoms with E-state index in [0.717, 1.165) is 16.5 Å². The Kier molecular flexibility index (Phi) is 6.12. The molecule has 178 valence electrons. The first-order chi connectivity index (χ1) is 17.0. The third kappa shape index (κ3) is 4.56. The number of aliphatic hydroxyl groups excluding tert-OH is 1. The Hall–Kier alpha value is -4.30. The predicted molar refractivity (Wildman–Crippen MR) is 128 cm³/mol. The molecule has 1 aromatic heterocycles. The summed E-state index contributed by atoms with van der Waals surface area (Å²) in [4.78, 5) is 28.8. The normalized spacial score (nSPS) is 14.9. The molecule has 1 amide bonds. The van der Waals surface area contributed by atoms with E-state index >= 15 is 0 Å². The average molecular weight is 472 g/mol. The number of aromatic amines is 1. The van der Waals surface area contributed by atoms with Crippen molar-refractivity contribution in [3.8, 4) is 11.5 Å². The molecule has 3 atom stereocenters. The molecular weight excluding hydrogens is 448 g/mol. The van der Waals surface area contributed by atoms with Crippen LogP contribution in [-0.4, -0.2) is 39.9 Å². The molecule has 0 bridgehead atoms. The number of rotatable bonds is 8. The number of benzene rings is 3. The Labute approximate surface area is 201 Å². The highest BCUT2D eigenvalue weighted by atomic mass is 16.7. The summed E-state index contributed by atoms with van der Waals surface area (Å²) in [6.45, 7) is 0.0720. The molecule has 4 N–H and O–H groups in total. The molecule has 8 heteroatoms. The van der Waals surface area contributed by atoms with Gasteiger partial charge >= 0.3 is 5.97 Å². The van der Waals surface area contributed by atoms with Crippen LogP contribution in [0.3, 0.4) is 0 Å². The minimum absolute atomic E-state index is 0.0720. The molecule has 0 aliphatic carbocycles. The average Bonchev–Trinajstić information content (AvgIpc) is 3.51. The largest absolute Gasteiger partial charge is 0.480 e. The van der Waals surface area contributed by atoms with Gasteiger partial charge in [0.05, 0.1) is 12.0 Å². The Bertz CT molecular complexity index is 1370. The van der Waals surface area contributed by atoms with Gasteiger partial charge in [0, 0.05) is 23.5 Å². The molecule has 0 saturated heterocycles. The van der Waals surface area contributed by atoms with Gasteiger partial charge in [-0.05, 0) is 34.9 Å². The number of fused-ring (bicyclic) bond motifs is 2. The zero-order chi connectivity index (χ0) is 24.4. The summed E-state index contributed by atoms with van der Waals surface area (Å²) in [5, 5.41) is 24.7. The smallest absolute Gasteiger partial charge is 0.326 e. The van der Waals surface area contributed by atoms with Gasteiger partial charge in [-0.1, -0.05) is 54.6 Å². The fraction of sp³-hybridized carbons (Fsp3) is 0.185. The number of amides is 1. The minimum Gasteiger partial charge on any atom is -0.480 e. The number of nitrogens with one attached hydrogen (secondary N) is 2. The van der Waals surface area contributed by atoms with Crippen molar-refractivity contribution in [1.82, 2.24) is 10.3 Å². The Morgan fingerprint density at radius 1 is 0.943 bits per heavy atom. The first-order valence-corrected chi connectivity index (χ1v) is 11.2. The fourth-order valence-corrected chi connectivity index (χ4v) is 4.41. The first kappa shape index (κ1) is 22.5. The molecule has 35 heavy (non-hydrogen) atoms. The van der Waals surface area contributed by atoms with Crippen LogP contribution in [0.1, 0.15) is 28.7 Å². The molecule has 8 nitrogen and oxygen atoms in total. The summed E-state index contributed by atoms with van der Waals surface area (Å²) < 4.78 is 10.8. The Morgan fingerprint density at radius 3 is 2.49 bits per heavy atom. The molecule has 1 aliphatic heterocycles. The van der Waals surface area contributed by atoms with Crippen molar-refractivity contribution in [3.63, 3.8) is 0 Å². The maximum Gasteiger partial charge on any atom is 0.326 e. The van der Waals surface area contributed by atoms with E-state index in [-0.39, 0.29) is 13.2 Å². The number of carbonyl (C=O) groups excluding carboxylic acids is 1. The maximum atomic E-state index is 13.6. The van der Waals surface area contributed by atoms with Crippen molar-refractivity contribution in [2.75, 3.05) is 6.79 Å². The van der Waals surface area contributed by atoms with Crippen LogP contribution in [0.15, 0.2) is 79.0 Å². The quantitative estimate of drug-likeness (QED) is 0.311. The zero-order valence-electron chi connectivity index (χ0n) is 18.7. The number of hydrogen-bond donors (Lipinski definition) is 4. The zero-order valence-corrected chi connectivity index (χ0v) is 18.7. The van der Waals surface area contributed by atoms with Gasteiger partial charge < -0.3 is 30.0 Å². The van der Waals surface area contributed by atoms with E-state index in [9.17, 15) is 19.8 Å². The van der Waals surface area contributed by atoms with Crippen LogP contribution in [0.5, 0.6) is 11.5 Å². The number of carboxylic acid groups (broad SMARTS) is 1. The van der Waals surface area contributed by atoms with Gasteiger partial charge in [-0.3, -0.25) is 4.79 Å². The number of hydrogen-bond acceptors (Lipinski definition) is 5. The lowest BCUT2D eigenvalue weighted by Gasteiger charge is -2.25. The van der Waals surface area contributed by atoms with Crippen LogP contribution in [0, 0.1) is 0 Å². The summed E-state index contributed by atoms with van der Waals surface area (Å²) in [5.74, 6) is -1.83. The summed E-state index contributed by atoms with van der Waals surface area (Å²) in [6.07, 6.45) is 0.625. The molecule has 2 heterocycles. The third-order valence-electron chi connectivity index (χ3n) is 6.21. The number of aromatic nitrogens is 1. The second-order valence-electron chi connectivity index (χ2n) is 8.41. The summed E-state index contributed by atoms with van der Waals surface area (Å²) in [5.41, 5.74) is 2.68. The van der Waals surface area contributed by atoms with Crippen molar-refractivity contribution >= 4 is 22.8 Å². The lowest BCUT2D eigenvalue weighted by molar-refractivity contribution is -0.142. The van der Waals surface area contributed by atoms with Gasteiger partial charge in [0.15, 0.2) is 11.5 Å². The van der Waals surface area contributed by atoms with E-state index in [1.54, 1.807) is 48.7 Å². The van der Waals surface area contributed by atoms with Crippen LogP contribution in [0.4, 0.5) is 0 Å². The topological polar surface area (TPSA) is 121 Å². The Balaban J connectivity index is 1.45. The molecule has 3 aromatic carbocycles. The lowest BCUT2D eigenvalue weighted by Crippen LogP contribution is -2.45. The second-order valence-corrected chi connectivity index (χ2v) is 8.41. The maximum absolute atomic E-state index is 13.6. The van der Waals surface area contributed by atoms with E-state index in [1.807, 2.05) is 30.3 Å². The number of carbonyl (C=O) groups is 2. The number of H-pyrrole nitrogens is 1. The van der Waals surface area contributed by atoms with E-state index in [4.69, 9.17) is 9.47 Å². The number of ether oxygens (including phenoxy) is 2. The molecule has 0 radical (unpaired) electrons. The van der Waals surface area contributed by atoms with Crippen molar-refractivity contribution in [2.24, 2.45) is 0 Å². The van der Waals surface area contributed by atoms with Gasteiger partial charge in [0.1, 0.15) is 6.04 Å². The van der Waals surface area contributed by atoms with Crippen LogP contribution in [0.25, 0.3) is 10.9 Å². The highest BCUT2D eigenvalue weighted by Crippen LogP contribution is 2.38. The van der Waals surface area contributed by atoms with Crippen LogP contribution >= 0.6 is 0 Å². The lowest BCUT2D eigenvalue weighted by atomic mass is 9.87. The summed E-state index contributed by atoms with van der Waals surface area (Å²) in [7, 11) is 0. The number of para-hydroxylation sites is 1. The minimum atomic E-state index is -1.21. The molecule has 0 saturated carbocycles. The monoisotopic (exact) mass is 472 g/mol. The number of carboxylic acids is 1. The van der Waals surface area contributed by atoms with Gasteiger partial charge in [0.2, 0.25) is 12.7 Å². The van der Waals surface area contributed by atoms with Crippen molar-refractivity contribution < 1.29 is 29.3 Å². The van der Waals surface area contributed by atoms with Crippen molar-refractivity contribution in [1.29, 1.82) is 0 Å².